The molecular weight excluding hydrogens is 385 g/mol. The van der Waals surface area contributed by atoms with Gasteiger partial charge in [0.05, 0.1) is 12.5 Å². The lowest BCUT2D eigenvalue weighted by Crippen LogP contribution is -2.16. The van der Waals surface area contributed by atoms with Crippen LogP contribution in [0.15, 0.2) is 53.3 Å². The van der Waals surface area contributed by atoms with Gasteiger partial charge in [-0.25, -0.2) is 9.50 Å². The molecular formula is C20H15F3N4O2. The van der Waals surface area contributed by atoms with Crippen molar-refractivity contribution >= 4 is 17.2 Å². The van der Waals surface area contributed by atoms with Gasteiger partial charge >= 0.3 is 6.18 Å². The fourth-order valence-electron chi connectivity index (χ4n) is 3.12. The number of anilines is 1. The van der Waals surface area contributed by atoms with Gasteiger partial charge in [0.15, 0.2) is 17.1 Å². The summed E-state index contributed by atoms with van der Waals surface area (Å²) in [5.41, 5.74) is 1.02. The first-order valence-corrected chi connectivity index (χ1v) is 8.62. The van der Waals surface area contributed by atoms with E-state index in [0.717, 1.165) is 23.4 Å². The number of carbonyl (C=O) groups is 1. The third-order valence-corrected chi connectivity index (χ3v) is 4.26. The maximum absolute atomic E-state index is 13.6. The average Bonchev–Trinajstić information content (AvgIpc) is 3.28. The fourth-order valence-corrected chi connectivity index (χ4v) is 3.12. The smallest absolute Gasteiger partial charge is 0.433 e. The number of hydrogen-bond donors (Lipinski definition) is 1. The molecule has 148 valence electrons. The Hall–Kier alpha value is -3.62. The Morgan fingerprint density at radius 2 is 1.86 bits per heavy atom. The maximum atomic E-state index is 13.6. The molecule has 9 heteroatoms. The van der Waals surface area contributed by atoms with Gasteiger partial charge in [-0.15, -0.1) is 0 Å². The Labute approximate surface area is 163 Å². The van der Waals surface area contributed by atoms with Crippen LogP contribution in [0.3, 0.4) is 0 Å². The molecule has 0 saturated heterocycles. The molecule has 29 heavy (non-hydrogen) atoms. The molecule has 0 unspecified atom stereocenters. The van der Waals surface area contributed by atoms with Crippen molar-refractivity contribution in [3.63, 3.8) is 0 Å². The molecule has 0 aliphatic carbocycles. The van der Waals surface area contributed by atoms with Gasteiger partial charge in [0, 0.05) is 5.69 Å². The number of rotatable bonds is 3. The van der Waals surface area contributed by atoms with Crippen LogP contribution in [0.2, 0.25) is 0 Å². The fraction of sp³-hybridized carbons (Fsp3) is 0.150. The van der Waals surface area contributed by atoms with E-state index in [2.05, 4.69) is 15.4 Å². The van der Waals surface area contributed by atoms with E-state index in [-0.39, 0.29) is 22.7 Å². The molecule has 1 N–H and O–H groups in total. The standard InChI is InChI=1S/C20H15F3N4O2/c1-11-6-12(2)8-13(7-11)25-19(28)14-10-24-27-17(20(21,22)23)9-15(26-18(14)27)16-4-3-5-29-16/h3-10H,1-2H3,(H,25,28). The molecule has 0 fully saturated rings. The van der Waals surface area contributed by atoms with Crippen molar-refractivity contribution in [1.29, 1.82) is 0 Å². The highest BCUT2D eigenvalue weighted by atomic mass is 19.4. The normalized spacial score (nSPS) is 11.8. The van der Waals surface area contributed by atoms with Crippen LogP contribution in [0, 0.1) is 13.8 Å². The molecule has 0 spiro atoms. The predicted molar refractivity (Wildman–Crippen MR) is 99.6 cm³/mol. The summed E-state index contributed by atoms with van der Waals surface area (Å²) in [7, 11) is 0. The minimum atomic E-state index is -4.70. The highest BCUT2D eigenvalue weighted by Crippen LogP contribution is 2.33. The average molecular weight is 400 g/mol. The van der Waals surface area contributed by atoms with E-state index in [0.29, 0.717) is 10.2 Å². The highest BCUT2D eigenvalue weighted by molar-refractivity contribution is 6.08. The molecule has 0 radical (unpaired) electrons. The summed E-state index contributed by atoms with van der Waals surface area (Å²) in [5, 5.41) is 6.44. The summed E-state index contributed by atoms with van der Waals surface area (Å²) < 4.78 is 46.5. The van der Waals surface area contributed by atoms with Crippen molar-refractivity contribution in [1.82, 2.24) is 14.6 Å². The topological polar surface area (TPSA) is 72.4 Å². The van der Waals surface area contributed by atoms with Crippen molar-refractivity contribution in [2.24, 2.45) is 0 Å². The third-order valence-electron chi connectivity index (χ3n) is 4.26. The van der Waals surface area contributed by atoms with Crippen LogP contribution in [-0.4, -0.2) is 20.5 Å². The van der Waals surface area contributed by atoms with Gasteiger partial charge in [0.2, 0.25) is 0 Å². The van der Waals surface area contributed by atoms with Gasteiger partial charge in [-0.05, 0) is 55.3 Å². The van der Waals surface area contributed by atoms with E-state index in [1.807, 2.05) is 19.9 Å². The van der Waals surface area contributed by atoms with Crippen LogP contribution in [-0.2, 0) is 6.18 Å². The molecule has 0 atom stereocenters. The van der Waals surface area contributed by atoms with Crippen molar-refractivity contribution in [2.75, 3.05) is 5.32 Å². The second-order valence-electron chi connectivity index (χ2n) is 6.63. The van der Waals surface area contributed by atoms with E-state index < -0.39 is 17.8 Å². The van der Waals surface area contributed by atoms with E-state index >= 15 is 0 Å². The molecule has 4 aromatic rings. The zero-order valence-corrected chi connectivity index (χ0v) is 15.4. The summed E-state index contributed by atoms with van der Waals surface area (Å²) in [5.74, 6) is -0.456. The Kier molecular flexibility index (Phi) is 4.37. The largest absolute Gasteiger partial charge is 0.463 e. The van der Waals surface area contributed by atoms with Crippen LogP contribution in [0.1, 0.15) is 27.2 Å². The van der Waals surface area contributed by atoms with Crippen LogP contribution >= 0.6 is 0 Å². The summed E-state index contributed by atoms with van der Waals surface area (Å²) >= 11 is 0. The summed E-state index contributed by atoms with van der Waals surface area (Å²) in [6.07, 6.45) is -2.30. The zero-order chi connectivity index (χ0) is 20.8. The van der Waals surface area contributed by atoms with Gasteiger partial charge in [0.25, 0.3) is 5.91 Å². The Morgan fingerprint density at radius 1 is 1.14 bits per heavy atom. The highest BCUT2D eigenvalue weighted by Gasteiger charge is 2.36. The number of fused-ring (bicyclic) bond motifs is 1. The predicted octanol–water partition coefficient (Wildman–Crippen LogP) is 4.88. The van der Waals surface area contributed by atoms with Gasteiger partial charge in [-0.3, -0.25) is 4.79 Å². The van der Waals surface area contributed by atoms with Crippen LogP contribution < -0.4 is 5.32 Å². The lowest BCUT2D eigenvalue weighted by molar-refractivity contribution is -0.142. The Balaban J connectivity index is 1.83. The van der Waals surface area contributed by atoms with Crippen LogP contribution in [0.25, 0.3) is 17.1 Å². The van der Waals surface area contributed by atoms with Gasteiger partial charge in [-0.2, -0.15) is 18.3 Å². The number of hydrogen-bond acceptors (Lipinski definition) is 4. The molecule has 0 aliphatic rings. The Morgan fingerprint density at radius 3 is 2.48 bits per heavy atom. The summed E-state index contributed by atoms with van der Waals surface area (Å²) in [4.78, 5) is 17.0. The third kappa shape index (κ3) is 3.58. The summed E-state index contributed by atoms with van der Waals surface area (Å²) in [6.45, 7) is 3.76. The molecule has 0 aliphatic heterocycles. The van der Waals surface area contributed by atoms with Gasteiger partial charge in [-0.1, -0.05) is 6.07 Å². The van der Waals surface area contributed by atoms with Crippen molar-refractivity contribution < 1.29 is 22.4 Å². The number of aromatic nitrogens is 3. The number of furan rings is 1. The molecule has 1 amide bonds. The number of benzene rings is 1. The van der Waals surface area contributed by atoms with Gasteiger partial charge in [0.1, 0.15) is 11.3 Å². The van der Waals surface area contributed by atoms with Crippen molar-refractivity contribution in [3.8, 4) is 11.5 Å². The molecule has 1 aromatic carbocycles. The number of halogens is 3. The van der Waals surface area contributed by atoms with E-state index in [9.17, 15) is 18.0 Å². The number of carbonyl (C=O) groups excluding carboxylic acids is 1. The number of nitrogens with zero attached hydrogens (tertiary/aromatic N) is 3. The minimum Gasteiger partial charge on any atom is -0.463 e. The zero-order valence-electron chi connectivity index (χ0n) is 15.4. The van der Waals surface area contributed by atoms with Crippen molar-refractivity contribution in [2.45, 2.75) is 20.0 Å². The van der Waals surface area contributed by atoms with Gasteiger partial charge < -0.3 is 9.73 Å². The second-order valence-corrected chi connectivity index (χ2v) is 6.63. The SMILES string of the molecule is Cc1cc(C)cc(NC(=O)c2cnn3c(C(F)(F)F)cc(-c4ccco4)nc23)c1. The monoisotopic (exact) mass is 400 g/mol. The second kappa shape index (κ2) is 6.77. The molecule has 0 saturated carbocycles. The number of aryl methyl sites for hydroxylation is 2. The van der Waals surface area contributed by atoms with E-state index in [4.69, 9.17) is 4.42 Å². The molecule has 6 nitrogen and oxygen atoms in total. The van der Waals surface area contributed by atoms with Crippen LogP contribution in [0.4, 0.5) is 18.9 Å². The summed E-state index contributed by atoms with van der Waals surface area (Å²) in [6, 6.07) is 9.34. The first-order valence-electron chi connectivity index (χ1n) is 8.62. The number of nitrogens with one attached hydrogen (secondary N) is 1. The molecule has 0 bridgehead atoms. The molecule has 4 rings (SSSR count). The van der Waals surface area contributed by atoms with Crippen LogP contribution in [0.5, 0.6) is 0 Å². The minimum absolute atomic E-state index is 0.0456. The van der Waals surface area contributed by atoms with E-state index in [1.165, 1.54) is 12.3 Å². The lowest BCUT2D eigenvalue weighted by atomic mass is 10.1. The lowest BCUT2D eigenvalue weighted by Gasteiger charge is -2.11. The first kappa shape index (κ1) is 18.7. The Bertz CT molecular complexity index is 1190. The number of amides is 1. The maximum Gasteiger partial charge on any atom is 0.433 e. The number of alkyl halides is 3. The molecule has 3 aromatic heterocycles. The first-order chi connectivity index (χ1) is 13.7. The van der Waals surface area contributed by atoms with Crippen molar-refractivity contribution in [3.05, 3.63) is 71.2 Å². The van der Waals surface area contributed by atoms with E-state index in [1.54, 1.807) is 18.2 Å². The quantitative estimate of drug-likeness (QED) is 0.532. The molecule has 3 heterocycles.